The Morgan fingerprint density at radius 2 is 1.50 bits per heavy atom. The van der Waals surface area contributed by atoms with E-state index in [2.05, 4.69) is 10.6 Å². The zero-order valence-corrected chi connectivity index (χ0v) is 17.7. The van der Waals surface area contributed by atoms with Crippen molar-refractivity contribution in [1.82, 2.24) is 5.32 Å². The number of carbonyl (C=O) groups excluding carboxylic acids is 2. The van der Waals surface area contributed by atoms with E-state index in [9.17, 15) is 9.59 Å². The maximum atomic E-state index is 12.8. The predicted molar refractivity (Wildman–Crippen MR) is 127 cm³/mol. The van der Waals surface area contributed by atoms with Gasteiger partial charge in [0.1, 0.15) is 5.75 Å². The van der Waals surface area contributed by atoms with E-state index in [1.807, 2.05) is 72.8 Å². The molecule has 5 heteroatoms. The molecule has 0 bridgehead atoms. The Morgan fingerprint density at radius 1 is 0.812 bits per heavy atom. The summed E-state index contributed by atoms with van der Waals surface area (Å²) in [5.41, 5.74) is 1.84. The van der Waals surface area contributed by atoms with Crippen molar-refractivity contribution in [2.45, 2.75) is 19.6 Å². The number of benzene rings is 4. The SMILES string of the molecule is CC(Oc1cccc2ccccc12)C(=O)Nc1ccccc1C(=O)NCc1ccccc1. The lowest BCUT2D eigenvalue weighted by atomic mass is 10.1. The van der Waals surface area contributed by atoms with Crippen molar-refractivity contribution in [2.24, 2.45) is 0 Å². The van der Waals surface area contributed by atoms with E-state index in [0.29, 0.717) is 23.5 Å². The first-order valence-corrected chi connectivity index (χ1v) is 10.5. The highest BCUT2D eigenvalue weighted by atomic mass is 16.5. The fourth-order valence-corrected chi connectivity index (χ4v) is 3.44. The fourth-order valence-electron chi connectivity index (χ4n) is 3.44. The third-order valence-corrected chi connectivity index (χ3v) is 5.15. The first-order chi connectivity index (χ1) is 15.6. The van der Waals surface area contributed by atoms with Crippen molar-refractivity contribution in [1.29, 1.82) is 0 Å². The van der Waals surface area contributed by atoms with Gasteiger partial charge in [0.15, 0.2) is 6.10 Å². The monoisotopic (exact) mass is 424 g/mol. The number of nitrogens with one attached hydrogen (secondary N) is 2. The van der Waals surface area contributed by atoms with E-state index in [-0.39, 0.29) is 11.8 Å². The zero-order valence-electron chi connectivity index (χ0n) is 17.7. The zero-order chi connectivity index (χ0) is 22.3. The van der Waals surface area contributed by atoms with Crippen molar-refractivity contribution < 1.29 is 14.3 Å². The Balaban J connectivity index is 1.44. The van der Waals surface area contributed by atoms with E-state index in [0.717, 1.165) is 16.3 Å². The standard InChI is InChI=1S/C27H24N2O3/c1-19(32-25-17-9-13-21-12-5-6-14-22(21)25)26(30)29-24-16-8-7-15-23(24)27(31)28-18-20-10-3-2-4-11-20/h2-17,19H,18H2,1H3,(H,28,31)(H,29,30). The van der Waals surface area contributed by atoms with Crippen molar-refractivity contribution in [2.75, 3.05) is 5.32 Å². The van der Waals surface area contributed by atoms with E-state index >= 15 is 0 Å². The minimum atomic E-state index is -0.749. The van der Waals surface area contributed by atoms with Gasteiger partial charge in [-0.3, -0.25) is 9.59 Å². The van der Waals surface area contributed by atoms with Crippen LogP contribution in [0.5, 0.6) is 5.75 Å². The summed E-state index contributed by atoms with van der Waals surface area (Å²) in [5.74, 6) is 0.0493. The number of amides is 2. The summed E-state index contributed by atoms with van der Waals surface area (Å²) in [7, 11) is 0. The summed E-state index contributed by atoms with van der Waals surface area (Å²) in [6.07, 6.45) is -0.749. The highest BCUT2D eigenvalue weighted by Crippen LogP contribution is 2.26. The maximum absolute atomic E-state index is 12.8. The molecule has 2 amide bonds. The molecule has 0 aliphatic carbocycles. The lowest BCUT2D eigenvalue weighted by molar-refractivity contribution is -0.122. The van der Waals surface area contributed by atoms with E-state index in [1.165, 1.54) is 0 Å². The van der Waals surface area contributed by atoms with Crippen LogP contribution in [0.25, 0.3) is 10.8 Å². The molecule has 0 spiro atoms. The highest BCUT2D eigenvalue weighted by molar-refractivity contribution is 6.04. The number of hydrogen-bond acceptors (Lipinski definition) is 3. The first-order valence-electron chi connectivity index (χ1n) is 10.5. The molecule has 0 saturated carbocycles. The van der Waals surface area contributed by atoms with Crippen LogP contribution in [0.2, 0.25) is 0 Å². The van der Waals surface area contributed by atoms with Gasteiger partial charge in [-0.2, -0.15) is 0 Å². The van der Waals surface area contributed by atoms with Crippen molar-refractivity contribution in [3.63, 3.8) is 0 Å². The summed E-state index contributed by atoms with van der Waals surface area (Å²) in [6.45, 7) is 2.09. The maximum Gasteiger partial charge on any atom is 0.265 e. The molecule has 0 aliphatic rings. The van der Waals surface area contributed by atoms with Gasteiger partial charge in [0.25, 0.3) is 11.8 Å². The van der Waals surface area contributed by atoms with Gasteiger partial charge >= 0.3 is 0 Å². The van der Waals surface area contributed by atoms with Crippen LogP contribution >= 0.6 is 0 Å². The third-order valence-electron chi connectivity index (χ3n) is 5.15. The molecular formula is C27H24N2O3. The average Bonchev–Trinajstić information content (AvgIpc) is 2.83. The lowest BCUT2D eigenvalue weighted by Crippen LogP contribution is -2.31. The molecule has 2 N–H and O–H groups in total. The quantitative estimate of drug-likeness (QED) is 0.430. The van der Waals surface area contributed by atoms with Gasteiger partial charge in [-0.05, 0) is 36.1 Å². The summed E-state index contributed by atoms with van der Waals surface area (Å²) < 4.78 is 5.95. The fraction of sp³-hybridized carbons (Fsp3) is 0.111. The molecule has 1 atom stereocenters. The molecule has 0 aliphatic heterocycles. The van der Waals surface area contributed by atoms with Crippen molar-refractivity contribution >= 4 is 28.3 Å². The number of rotatable bonds is 7. The van der Waals surface area contributed by atoms with Crippen LogP contribution in [0.1, 0.15) is 22.8 Å². The van der Waals surface area contributed by atoms with E-state index in [1.54, 1.807) is 31.2 Å². The van der Waals surface area contributed by atoms with Gasteiger partial charge in [-0.25, -0.2) is 0 Å². The van der Waals surface area contributed by atoms with Crippen LogP contribution in [0.3, 0.4) is 0 Å². The molecule has 32 heavy (non-hydrogen) atoms. The van der Waals surface area contributed by atoms with Crippen LogP contribution in [-0.4, -0.2) is 17.9 Å². The smallest absolute Gasteiger partial charge is 0.265 e. The van der Waals surface area contributed by atoms with Crippen LogP contribution in [0.15, 0.2) is 97.1 Å². The molecule has 5 nitrogen and oxygen atoms in total. The Kier molecular flexibility index (Phi) is 6.46. The number of ether oxygens (including phenoxy) is 1. The number of hydrogen-bond donors (Lipinski definition) is 2. The van der Waals surface area contributed by atoms with Crippen LogP contribution in [0, 0.1) is 0 Å². The number of anilines is 1. The molecule has 0 heterocycles. The van der Waals surface area contributed by atoms with E-state index < -0.39 is 6.10 Å². The highest BCUT2D eigenvalue weighted by Gasteiger charge is 2.19. The van der Waals surface area contributed by atoms with Crippen LogP contribution < -0.4 is 15.4 Å². The summed E-state index contributed by atoms with van der Waals surface area (Å²) in [4.78, 5) is 25.6. The number of fused-ring (bicyclic) bond motifs is 1. The molecule has 0 radical (unpaired) electrons. The number of para-hydroxylation sites is 1. The topological polar surface area (TPSA) is 67.4 Å². The van der Waals surface area contributed by atoms with Gasteiger partial charge < -0.3 is 15.4 Å². The van der Waals surface area contributed by atoms with Crippen LogP contribution in [-0.2, 0) is 11.3 Å². The number of carbonyl (C=O) groups is 2. The molecular weight excluding hydrogens is 400 g/mol. The lowest BCUT2D eigenvalue weighted by Gasteiger charge is -2.17. The minimum absolute atomic E-state index is 0.257. The van der Waals surface area contributed by atoms with Gasteiger partial charge in [0.2, 0.25) is 0 Å². The average molecular weight is 425 g/mol. The Labute approximate surface area is 187 Å². The molecule has 1 unspecified atom stereocenters. The van der Waals surface area contributed by atoms with Gasteiger partial charge in [0.05, 0.1) is 11.3 Å². The van der Waals surface area contributed by atoms with Gasteiger partial charge in [-0.15, -0.1) is 0 Å². The Morgan fingerprint density at radius 3 is 2.34 bits per heavy atom. The normalized spacial score (nSPS) is 11.5. The van der Waals surface area contributed by atoms with Gasteiger partial charge in [-0.1, -0.05) is 78.9 Å². The minimum Gasteiger partial charge on any atom is -0.480 e. The molecule has 0 aromatic heterocycles. The third kappa shape index (κ3) is 4.95. The molecule has 4 aromatic rings. The summed E-state index contributed by atoms with van der Waals surface area (Å²) in [5, 5.41) is 7.71. The predicted octanol–water partition coefficient (Wildman–Crippen LogP) is 5.18. The van der Waals surface area contributed by atoms with E-state index in [4.69, 9.17) is 4.74 Å². The second kappa shape index (κ2) is 9.79. The second-order valence-corrected chi connectivity index (χ2v) is 7.44. The largest absolute Gasteiger partial charge is 0.480 e. The Hall–Kier alpha value is -4.12. The second-order valence-electron chi connectivity index (χ2n) is 7.44. The first kappa shape index (κ1) is 21.1. The molecule has 160 valence electrons. The Bertz CT molecular complexity index is 1230. The molecule has 0 fully saturated rings. The van der Waals surface area contributed by atoms with Gasteiger partial charge in [0, 0.05) is 11.9 Å². The summed E-state index contributed by atoms with van der Waals surface area (Å²) >= 11 is 0. The van der Waals surface area contributed by atoms with Crippen molar-refractivity contribution in [3.8, 4) is 5.75 Å². The molecule has 4 aromatic carbocycles. The summed E-state index contributed by atoms with van der Waals surface area (Å²) in [6, 6.07) is 30.2. The van der Waals surface area contributed by atoms with Crippen molar-refractivity contribution in [3.05, 3.63) is 108 Å². The molecule has 0 saturated heterocycles. The van der Waals surface area contributed by atoms with Crippen LogP contribution in [0.4, 0.5) is 5.69 Å². The molecule has 4 rings (SSSR count).